The molecule has 0 amide bonds. The molecule has 0 aromatic heterocycles. The number of benzene rings is 2. The van der Waals surface area contributed by atoms with Crippen LogP contribution >= 0.6 is 0 Å². The van der Waals surface area contributed by atoms with Gasteiger partial charge in [0.05, 0.1) is 4.90 Å². The van der Waals surface area contributed by atoms with Crippen molar-refractivity contribution in [3.63, 3.8) is 0 Å². The first kappa shape index (κ1) is 18.0. The van der Waals surface area contributed by atoms with Crippen LogP contribution in [0, 0.1) is 0 Å². The van der Waals surface area contributed by atoms with Crippen LogP contribution in [-0.4, -0.2) is 24.9 Å². The molecule has 0 saturated heterocycles. The lowest BCUT2D eigenvalue weighted by atomic mass is 9.94. The second kappa shape index (κ2) is 6.81. The average molecular weight is 359 g/mol. The van der Waals surface area contributed by atoms with E-state index in [-0.39, 0.29) is 5.60 Å². The van der Waals surface area contributed by atoms with Gasteiger partial charge in [0, 0.05) is 13.1 Å². The van der Waals surface area contributed by atoms with E-state index in [1.165, 1.54) is 4.31 Å². The summed E-state index contributed by atoms with van der Waals surface area (Å²) in [4.78, 5) is 0.340. The molecular weight excluding hydrogens is 334 g/mol. The Morgan fingerprint density at radius 2 is 1.84 bits per heavy atom. The van der Waals surface area contributed by atoms with Gasteiger partial charge in [-0.15, -0.1) is 0 Å². The van der Waals surface area contributed by atoms with Crippen molar-refractivity contribution in [1.82, 2.24) is 4.31 Å². The highest BCUT2D eigenvalue weighted by Crippen LogP contribution is 2.34. The van der Waals surface area contributed by atoms with E-state index in [4.69, 9.17) is 4.74 Å². The molecule has 0 N–H and O–H groups in total. The van der Waals surface area contributed by atoms with Crippen LogP contribution in [0.2, 0.25) is 0 Å². The molecule has 3 rings (SSSR count). The number of nitrogens with zero attached hydrogens (tertiary/aromatic N) is 1. The molecule has 0 bridgehead atoms. The molecule has 2 aromatic rings. The minimum absolute atomic E-state index is 0.198. The lowest BCUT2D eigenvalue weighted by Crippen LogP contribution is -2.33. The Bertz CT molecular complexity index is 844. The van der Waals surface area contributed by atoms with Gasteiger partial charge in [-0.1, -0.05) is 37.3 Å². The maximum atomic E-state index is 13.1. The topological polar surface area (TPSA) is 46.6 Å². The Morgan fingerprint density at radius 3 is 2.52 bits per heavy atom. The second-order valence-electron chi connectivity index (χ2n) is 7.05. The highest BCUT2D eigenvalue weighted by molar-refractivity contribution is 7.89. The Kier molecular flexibility index (Phi) is 4.89. The van der Waals surface area contributed by atoms with E-state index in [1.807, 2.05) is 37.3 Å². The van der Waals surface area contributed by atoms with Gasteiger partial charge in [0.25, 0.3) is 0 Å². The molecule has 0 atom stereocenters. The summed E-state index contributed by atoms with van der Waals surface area (Å²) in [6.45, 7) is 6.78. The number of sulfonamides is 1. The van der Waals surface area contributed by atoms with Crippen molar-refractivity contribution >= 4 is 10.0 Å². The van der Waals surface area contributed by atoms with E-state index in [1.54, 1.807) is 18.2 Å². The van der Waals surface area contributed by atoms with Crippen molar-refractivity contribution in [2.75, 3.05) is 6.54 Å². The highest BCUT2D eigenvalue weighted by atomic mass is 32.2. The van der Waals surface area contributed by atoms with Gasteiger partial charge in [-0.05, 0) is 56.0 Å². The van der Waals surface area contributed by atoms with Crippen molar-refractivity contribution < 1.29 is 13.2 Å². The first-order valence-electron chi connectivity index (χ1n) is 8.68. The summed E-state index contributed by atoms with van der Waals surface area (Å²) in [5, 5.41) is 0. The zero-order chi connectivity index (χ0) is 18.1. The Balaban J connectivity index is 1.89. The summed E-state index contributed by atoms with van der Waals surface area (Å²) in [5.41, 5.74) is 1.75. The summed E-state index contributed by atoms with van der Waals surface area (Å²) in [6.07, 6.45) is 1.71. The van der Waals surface area contributed by atoms with Crippen LogP contribution < -0.4 is 4.74 Å². The molecule has 0 saturated carbocycles. The summed E-state index contributed by atoms with van der Waals surface area (Å²) in [6, 6.07) is 14.9. The molecule has 134 valence electrons. The molecule has 1 aliphatic heterocycles. The first-order valence-corrected chi connectivity index (χ1v) is 10.1. The van der Waals surface area contributed by atoms with Gasteiger partial charge in [-0.3, -0.25) is 0 Å². The first-order chi connectivity index (χ1) is 11.8. The third kappa shape index (κ3) is 3.88. The largest absolute Gasteiger partial charge is 0.488 e. The minimum Gasteiger partial charge on any atom is -0.488 e. The molecule has 0 spiro atoms. The SMILES string of the molecule is CCN(Cc1ccccc1)S(=O)(=O)c1ccc2c(c1)CCC(C)(C)O2. The minimum atomic E-state index is -3.53. The van der Waals surface area contributed by atoms with E-state index in [0.717, 1.165) is 29.7 Å². The van der Waals surface area contributed by atoms with E-state index < -0.39 is 10.0 Å². The number of hydrogen-bond donors (Lipinski definition) is 0. The van der Waals surface area contributed by atoms with Gasteiger partial charge >= 0.3 is 0 Å². The summed E-state index contributed by atoms with van der Waals surface area (Å²) in [7, 11) is -3.53. The van der Waals surface area contributed by atoms with Gasteiger partial charge in [-0.2, -0.15) is 4.31 Å². The van der Waals surface area contributed by atoms with Crippen molar-refractivity contribution in [1.29, 1.82) is 0 Å². The van der Waals surface area contributed by atoms with Crippen LogP contribution in [-0.2, 0) is 23.0 Å². The third-order valence-electron chi connectivity index (χ3n) is 4.61. The van der Waals surface area contributed by atoms with Crippen LogP contribution in [0.3, 0.4) is 0 Å². The molecule has 4 nitrogen and oxygen atoms in total. The molecular formula is C20H25NO3S. The van der Waals surface area contributed by atoms with E-state index >= 15 is 0 Å². The van der Waals surface area contributed by atoms with Crippen LogP contribution in [0.5, 0.6) is 5.75 Å². The number of hydrogen-bond acceptors (Lipinski definition) is 3. The molecule has 0 unspecified atom stereocenters. The highest BCUT2D eigenvalue weighted by Gasteiger charge is 2.29. The van der Waals surface area contributed by atoms with Crippen LogP contribution in [0.15, 0.2) is 53.4 Å². The van der Waals surface area contributed by atoms with Gasteiger partial charge < -0.3 is 4.74 Å². The number of ether oxygens (including phenoxy) is 1. The molecule has 5 heteroatoms. The maximum absolute atomic E-state index is 13.1. The van der Waals surface area contributed by atoms with Crippen LogP contribution in [0.25, 0.3) is 0 Å². The number of aryl methyl sites for hydroxylation is 1. The molecule has 0 radical (unpaired) electrons. The Morgan fingerprint density at radius 1 is 1.12 bits per heavy atom. The van der Waals surface area contributed by atoms with Gasteiger partial charge in [-0.25, -0.2) is 8.42 Å². The zero-order valence-corrected chi connectivity index (χ0v) is 15.8. The molecule has 0 aliphatic carbocycles. The quantitative estimate of drug-likeness (QED) is 0.811. The predicted molar refractivity (Wildman–Crippen MR) is 99.2 cm³/mol. The van der Waals surface area contributed by atoms with Crippen molar-refractivity contribution in [3.8, 4) is 5.75 Å². The molecule has 25 heavy (non-hydrogen) atoms. The standard InChI is InChI=1S/C20H25NO3S/c1-4-21(15-16-8-6-5-7-9-16)25(22,23)18-10-11-19-17(14-18)12-13-20(2,3)24-19/h5-11,14H,4,12-13,15H2,1-3H3. The van der Waals surface area contributed by atoms with E-state index in [0.29, 0.717) is 18.0 Å². The lowest BCUT2D eigenvalue weighted by molar-refractivity contribution is 0.0845. The number of fused-ring (bicyclic) bond motifs is 1. The maximum Gasteiger partial charge on any atom is 0.243 e. The van der Waals surface area contributed by atoms with Crippen LogP contribution in [0.1, 0.15) is 38.3 Å². The van der Waals surface area contributed by atoms with Crippen molar-refractivity contribution in [2.24, 2.45) is 0 Å². The third-order valence-corrected chi connectivity index (χ3v) is 6.52. The Hall–Kier alpha value is -1.85. The summed E-state index contributed by atoms with van der Waals surface area (Å²) >= 11 is 0. The molecule has 2 aromatic carbocycles. The molecule has 0 fully saturated rings. The second-order valence-corrected chi connectivity index (χ2v) is 8.99. The van der Waals surface area contributed by atoms with Gasteiger partial charge in [0.15, 0.2) is 0 Å². The molecule has 1 heterocycles. The Labute approximate surface area is 150 Å². The van der Waals surface area contributed by atoms with E-state index in [2.05, 4.69) is 13.8 Å². The smallest absolute Gasteiger partial charge is 0.243 e. The fourth-order valence-electron chi connectivity index (χ4n) is 3.10. The van der Waals surface area contributed by atoms with Gasteiger partial charge in [0.1, 0.15) is 11.4 Å². The fourth-order valence-corrected chi connectivity index (χ4v) is 4.59. The van der Waals surface area contributed by atoms with Gasteiger partial charge in [0.2, 0.25) is 10.0 Å². The lowest BCUT2D eigenvalue weighted by Gasteiger charge is -2.33. The summed E-state index contributed by atoms with van der Waals surface area (Å²) < 4.78 is 33.6. The fraction of sp³-hybridized carbons (Fsp3) is 0.400. The van der Waals surface area contributed by atoms with Crippen LogP contribution in [0.4, 0.5) is 0 Å². The van der Waals surface area contributed by atoms with Crippen molar-refractivity contribution in [3.05, 3.63) is 59.7 Å². The number of rotatable bonds is 5. The molecule has 1 aliphatic rings. The van der Waals surface area contributed by atoms with E-state index in [9.17, 15) is 8.42 Å². The average Bonchev–Trinajstić information content (AvgIpc) is 2.59. The monoisotopic (exact) mass is 359 g/mol. The van der Waals surface area contributed by atoms with Crippen molar-refractivity contribution in [2.45, 2.75) is 50.7 Å². The normalized spacial score (nSPS) is 16.3. The zero-order valence-electron chi connectivity index (χ0n) is 15.0. The summed E-state index contributed by atoms with van der Waals surface area (Å²) in [5.74, 6) is 0.793. The predicted octanol–water partition coefficient (Wildman–Crippen LogP) is 4.00.